The largest absolute Gasteiger partial charge is 0.306 e. The maximum absolute atomic E-state index is 4.54. The molecule has 0 aliphatic heterocycles. The molecule has 112 valence electrons. The van der Waals surface area contributed by atoms with Crippen LogP contribution in [0.2, 0.25) is 0 Å². The molecule has 0 radical (unpaired) electrons. The predicted octanol–water partition coefficient (Wildman–Crippen LogP) is 4.72. The van der Waals surface area contributed by atoms with Crippen LogP contribution in [0.4, 0.5) is 0 Å². The minimum atomic E-state index is 0.347. The predicted molar refractivity (Wildman–Crippen MR) is 92.6 cm³/mol. The van der Waals surface area contributed by atoms with Crippen LogP contribution in [0.1, 0.15) is 31.0 Å². The fourth-order valence-electron chi connectivity index (χ4n) is 2.93. The van der Waals surface area contributed by atoms with Gasteiger partial charge in [0.15, 0.2) is 0 Å². The summed E-state index contributed by atoms with van der Waals surface area (Å²) in [6, 6.07) is 21.5. The highest BCUT2D eigenvalue weighted by molar-refractivity contribution is 5.81. The molecule has 0 bridgehead atoms. The molecule has 1 atom stereocenters. The molecule has 2 aromatic carbocycles. The zero-order chi connectivity index (χ0) is 15.4. The van der Waals surface area contributed by atoms with Crippen LogP contribution < -0.4 is 5.32 Å². The summed E-state index contributed by atoms with van der Waals surface area (Å²) in [5.41, 5.74) is 3.68. The smallest absolute Gasteiger partial charge is 0.0746 e. The lowest BCUT2D eigenvalue weighted by Crippen LogP contribution is -2.25. The lowest BCUT2D eigenvalue weighted by atomic mass is 9.95. The molecule has 1 aromatic heterocycles. The van der Waals surface area contributed by atoms with E-state index in [1.54, 1.807) is 0 Å². The van der Waals surface area contributed by atoms with E-state index in [-0.39, 0.29) is 0 Å². The fourth-order valence-corrected chi connectivity index (χ4v) is 2.93. The van der Waals surface area contributed by atoms with Gasteiger partial charge in [0.25, 0.3) is 0 Å². The molecular formula is C20H22N2. The number of para-hydroxylation sites is 1. The van der Waals surface area contributed by atoms with Gasteiger partial charge in [-0.1, -0.05) is 68.4 Å². The first-order valence-corrected chi connectivity index (χ1v) is 7.86. The molecule has 3 rings (SSSR count). The Morgan fingerprint density at radius 3 is 2.45 bits per heavy atom. The lowest BCUT2D eigenvalue weighted by molar-refractivity contribution is 0.411. The summed E-state index contributed by atoms with van der Waals surface area (Å²) < 4.78 is 0. The Kier molecular flexibility index (Phi) is 4.50. The summed E-state index contributed by atoms with van der Waals surface area (Å²) in [6.45, 7) is 5.34. The summed E-state index contributed by atoms with van der Waals surface area (Å²) in [6.07, 6.45) is 1.86. The van der Waals surface area contributed by atoms with E-state index in [9.17, 15) is 0 Å². The summed E-state index contributed by atoms with van der Waals surface area (Å²) in [5.74, 6) is 0.533. The molecule has 0 fully saturated rings. The van der Waals surface area contributed by atoms with E-state index in [1.807, 2.05) is 12.3 Å². The molecule has 0 aliphatic carbocycles. The number of pyridine rings is 1. The minimum absolute atomic E-state index is 0.347. The molecule has 0 unspecified atom stereocenters. The number of hydrogen-bond acceptors (Lipinski definition) is 2. The van der Waals surface area contributed by atoms with Crippen LogP contribution in [0.25, 0.3) is 10.9 Å². The second-order valence-electron chi connectivity index (χ2n) is 6.01. The average molecular weight is 290 g/mol. The maximum Gasteiger partial charge on any atom is 0.0746 e. The van der Waals surface area contributed by atoms with Gasteiger partial charge in [-0.25, -0.2) is 0 Å². The SMILES string of the molecule is CC(C)[C@H](NCc1cccc2cccnc12)c1ccccc1. The number of aromatic nitrogens is 1. The third-order valence-corrected chi connectivity index (χ3v) is 4.05. The van der Waals surface area contributed by atoms with Crippen molar-refractivity contribution in [2.75, 3.05) is 0 Å². The van der Waals surface area contributed by atoms with E-state index in [0.29, 0.717) is 12.0 Å². The van der Waals surface area contributed by atoms with Crippen LogP contribution in [0, 0.1) is 5.92 Å². The summed E-state index contributed by atoms with van der Waals surface area (Å²) >= 11 is 0. The van der Waals surface area contributed by atoms with Crippen LogP contribution in [0.5, 0.6) is 0 Å². The summed E-state index contributed by atoms with van der Waals surface area (Å²) in [5, 5.41) is 4.90. The molecule has 0 saturated heterocycles. The Labute approximate surface area is 132 Å². The Balaban J connectivity index is 1.83. The molecule has 1 N–H and O–H groups in total. The monoisotopic (exact) mass is 290 g/mol. The van der Waals surface area contributed by atoms with Gasteiger partial charge in [0, 0.05) is 24.2 Å². The number of nitrogens with one attached hydrogen (secondary N) is 1. The van der Waals surface area contributed by atoms with Gasteiger partial charge in [-0.15, -0.1) is 0 Å². The molecule has 0 spiro atoms. The lowest BCUT2D eigenvalue weighted by Gasteiger charge is -2.23. The highest BCUT2D eigenvalue weighted by Crippen LogP contribution is 2.23. The maximum atomic E-state index is 4.54. The Morgan fingerprint density at radius 1 is 0.909 bits per heavy atom. The molecule has 2 nitrogen and oxygen atoms in total. The van der Waals surface area contributed by atoms with E-state index < -0.39 is 0 Å². The molecule has 22 heavy (non-hydrogen) atoms. The van der Waals surface area contributed by atoms with Crippen molar-refractivity contribution in [3.63, 3.8) is 0 Å². The van der Waals surface area contributed by atoms with Crippen LogP contribution in [0.15, 0.2) is 66.9 Å². The molecule has 3 aromatic rings. The molecule has 2 heteroatoms. The van der Waals surface area contributed by atoms with E-state index in [2.05, 4.69) is 78.7 Å². The first-order chi connectivity index (χ1) is 10.8. The van der Waals surface area contributed by atoms with Crippen LogP contribution in [-0.4, -0.2) is 4.98 Å². The summed E-state index contributed by atoms with van der Waals surface area (Å²) in [7, 11) is 0. The van der Waals surface area contributed by atoms with Crippen molar-refractivity contribution in [1.82, 2.24) is 10.3 Å². The normalized spacial score (nSPS) is 12.7. The molecular weight excluding hydrogens is 268 g/mol. The van der Waals surface area contributed by atoms with Crippen LogP contribution in [-0.2, 0) is 6.54 Å². The fraction of sp³-hybridized carbons (Fsp3) is 0.250. The number of nitrogens with zero attached hydrogens (tertiary/aromatic N) is 1. The standard InChI is InChI=1S/C20H22N2/c1-15(2)19(16-8-4-3-5-9-16)22-14-18-11-6-10-17-12-7-13-21-20(17)18/h3-13,15,19,22H,14H2,1-2H3/t19-/m0/s1. The number of fused-ring (bicyclic) bond motifs is 1. The van der Waals surface area contributed by atoms with Gasteiger partial charge in [-0.2, -0.15) is 0 Å². The van der Waals surface area contributed by atoms with Crippen LogP contribution >= 0.6 is 0 Å². The van der Waals surface area contributed by atoms with Crippen LogP contribution in [0.3, 0.4) is 0 Å². The van der Waals surface area contributed by atoms with E-state index in [4.69, 9.17) is 0 Å². The van der Waals surface area contributed by atoms with Crippen molar-refractivity contribution in [2.24, 2.45) is 5.92 Å². The highest BCUT2D eigenvalue weighted by atomic mass is 14.9. The highest BCUT2D eigenvalue weighted by Gasteiger charge is 2.15. The average Bonchev–Trinajstić information content (AvgIpc) is 2.56. The molecule has 0 saturated carbocycles. The molecule has 0 amide bonds. The van der Waals surface area contributed by atoms with Gasteiger partial charge >= 0.3 is 0 Å². The van der Waals surface area contributed by atoms with Gasteiger partial charge in [0.2, 0.25) is 0 Å². The van der Waals surface area contributed by atoms with Gasteiger partial charge in [0.05, 0.1) is 5.52 Å². The number of hydrogen-bond donors (Lipinski definition) is 1. The first kappa shape index (κ1) is 14.7. The quantitative estimate of drug-likeness (QED) is 0.735. The third-order valence-electron chi connectivity index (χ3n) is 4.05. The van der Waals surface area contributed by atoms with Gasteiger partial charge in [-0.05, 0) is 23.1 Å². The van der Waals surface area contributed by atoms with E-state index >= 15 is 0 Å². The van der Waals surface area contributed by atoms with Crippen molar-refractivity contribution in [3.05, 3.63) is 78.0 Å². The second kappa shape index (κ2) is 6.71. The number of rotatable bonds is 5. The molecule has 0 aliphatic rings. The van der Waals surface area contributed by atoms with E-state index in [1.165, 1.54) is 16.5 Å². The van der Waals surface area contributed by atoms with Crippen molar-refractivity contribution in [2.45, 2.75) is 26.4 Å². The Morgan fingerprint density at radius 2 is 1.68 bits per heavy atom. The zero-order valence-electron chi connectivity index (χ0n) is 13.2. The Hall–Kier alpha value is -2.19. The van der Waals surface area contributed by atoms with Crippen molar-refractivity contribution < 1.29 is 0 Å². The van der Waals surface area contributed by atoms with Crippen molar-refractivity contribution in [3.8, 4) is 0 Å². The van der Waals surface area contributed by atoms with Crippen molar-refractivity contribution >= 4 is 10.9 Å². The third kappa shape index (κ3) is 3.18. The van der Waals surface area contributed by atoms with Gasteiger partial charge in [-0.3, -0.25) is 4.98 Å². The van der Waals surface area contributed by atoms with Gasteiger partial charge in [0.1, 0.15) is 0 Å². The zero-order valence-corrected chi connectivity index (χ0v) is 13.2. The van der Waals surface area contributed by atoms with Crippen molar-refractivity contribution in [1.29, 1.82) is 0 Å². The second-order valence-corrected chi connectivity index (χ2v) is 6.01. The summed E-state index contributed by atoms with van der Waals surface area (Å²) in [4.78, 5) is 4.54. The Bertz CT molecular complexity index is 730. The minimum Gasteiger partial charge on any atom is -0.306 e. The first-order valence-electron chi connectivity index (χ1n) is 7.86. The number of benzene rings is 2. The van der Waals surface area contributed by atoms with Gasteiger partial charge < -0.3 is 5.32 Å². The topological polar surface area (TPSA) is 24.9 Å². The molecule has 1 heterocycles. The van der Waals surface area contributed by atoms with E-state index in [0.717, 1.165) is 12.1 Å².